The lowest BCUT2D eigenvalue weighted by Crippen LogP contribution is -2.33. The second-order valence-corrected chi connectivity index (χ2v) is 4.60. The molecule has 0 radical (unpaired) electrons. The minimum Gasteiger partial charge on any atom is -0.383 e. The Kier molecular flexibility index (Phi) is 5.91. The second-order valence-electron chi connectivity index (χ2n) is 4.60. The van der Waals surface area contributed by atoms with Crippen molar-refractivity contribution in [1.29, 1.82) is 0 Å². The number of hydrazine groups is 1. The lowest BCUT2D eigenvalue weighted by molar-refractivity contribution is 0.204. The van der Waals surface area contributed by atoms with E-state index in [4.69, 9.17) is 10.6 Å². The lowest BCUT2D eigenvalue weighted by Gasteiger charge is -2.26. The fourth-order valence-corrected chi connectivity index (χ4v) is 1.71. The number of hydrogen-bond acceptors (Lipinski definition) is 5. The number of ether oxygens (including phenoxy) is 1. The predicted octanol–water partition coefficient (Wildman–Crippen LogP) is 1.75. The molecule has 0 unspecified atom stereocenters. The zero-order valence-corrected chi connectivity index (χ0v) is 11.4. The average Bonchev–Trinajstić information content (AvgIpc) is 2.34. The predicted molar refractivity (Wildman–Crippen MR) is 70.9 cm³/mol. The standard InChI is InChI=1S/C12H20F2N4O/c1-8(2)7-18(4-5-19-3)12-10(14)6-9(13)11(16-12)17-15/h6,8H,4-5,7,15H2,1-3H3,(H,16,17). The molecular weight excluding hydrogens is 254 g/mol. The van der Waals surface area contributed by atoms with E-state index in [1.54, 1.807) is 12.0 Å². The molecule has 108 valence electrons. The van der Waals surface area contributed by atoms with E-state index >= 15 is 0 Å². The molecule has 0 atom stereocenters. The van der Waals surface area contributed by atoms with Crippen molar-refractivity contribution >= 4 is 11.6 Å². The van der Waals surface area contributed by atoms with E-state index in [1.807, 2.05) is 13.8 Å². The van der Waals surface area contributed by atoms with Crippen LogP contribution in [0.25, 0.3) is 0 Å². The molecule has 0 amide bonds. The minimum absolute atomic E-state index is 0.0695. The molecular formula is C12H20F2N4O. The van der Waals surface area contributed by atoms with Crippen LogP contribution in [-0.2, 0) is 4.74 Å². The largest absolute Gasteiger partial charge is 0.383 e. The summed E-state index contributed by atoms with van der Waals surface area (Å²) in [4.78, 5) is 5.59. The molecule has 0 spiro atoms. The van der Waals surface area contributed by atoms with Crippen molar-refractivity contribution < 1.29 is 13.5 Å². The van der Waals surface area contributed by atoms with Gasteiger partial charge >= 0.3 is 0 Å². The summed E-state index contributed by atoms with van der Waals surface area (Å²) in [7, 11) is 1.56. The molecule has 1 rings (SSSR count). The summed E-state index contributed by atoms with van der Waals surface area (Å²) >= 11 is 0. The van der Waals surface area contributed by atoms with Gasteiger partial charge in [0.25, 0.3) is 0 Å². The Morgan fingerprint density at radius 1 is 1.42 bits per heavy atom. The molecule has 0 bridgehead atoms. The maximum absolute atomic E-state index is 13.8. The van der Waals surface area contributed by atoms with E-state index in [0.717, 1.165) is 6.07 Å². The third-order valence-corrected chi connectivity index (χ3v) is 2.50. The van der Waals surface area contributed by atoms with Crippen molar-refractivity contribution in [1.82, 2.24) is 4.98 Å². The number of hydrogen-bond donors (Lipinski definition) is 2. The van der Waals surface area contributed by atoms with Gasteiger partial charge in [-0.3, -0.25) is 0 Å². The summed E-state index contributed by atoms with van der Waals surface area (Å²) < 4.78 is 32.2. The topological polar surface area (TPSA) is 63.4 Å². The first-order valence-corrected chi connectivity index (χ1v) is 6.06. The number of pyridine rings is 1. The third kappa shape index (κ3) is 4.29. The number of nitrogens with two attached hydrogens (primary N) is 1. The number of nitrogens with one attached hydrogen (secondary N) is 1. The summed E-state index contributed by atoms with van der Waals surface area (Å²) in [5.74, 6) is 3.81. The quantitative estimate of drug-likeness (QED) is 0.586. The van der Waals surface area contributed by atoms with Crippen molar-refractivity contribution in [2.75, 3.05) is 37.1 Å². The lowest BCUT2D eigenvalue weighted by atomic mass is 10.2. The fraction of sp³-hybridized carbons (Fsp3) is 0.583. The van der Waals surface area contributed by atoms with Gasteiger partial charge < -0.3 is 15.1 Å². The van der Waals surface area contributed by atoms with Gasteiger partial charge in [-0.05, 0) is 5.92 Å². The Labute approximate surface area is 111 Å². The molecule has 19 heavy (non-hydrogen) atoms. The van der Waals surface area contributed by atoms with Crippen LogP contribution in [0.2, 0.25) is 0 Å². The van der Waals surface area contributed by atoms with E-state index in [2.05, 4.69) is 10.4 Å². The second kappa shape index (κ2) is 7.20. The Morgan fingerprint density at radius 2 is 2.11 bits per heavy atom. The Balaban J connectivity index is 3.05. The van der Waals surface area contributed by atoms with Gasteiger partial charge in [0, 0.05) is 26.3 Å². The Hall–Kier alpha value is -1.47. The van der Waals surface area contributed by atoms with Crippen molar-refractivity contribution in [3.05, 3.63) is 17.7 Å². The normalized spacial score (nSPS) is 10.9. The molecule has 0 aliphatic carbocycles. The molecule has 1 aromatic rings. The van der Waals surface area contributed by atoms with Crippen molar-refractivity contribution in [2.24, 2.45) is 11.8 Å². The van der Waals surface area contributed by atoms with E-state index in [1.165, 1.54) is 0 Å². The van der Waals surface area contributed by atoms with E-state index < -0.39 is 11.6 Å². The summed E-state index contributed by atoms with van der Waals surface area (Å²) in [5.41, 5.74) is 2.12. The first kappa shape index (κ1) is 15.6. The van der Waals surface area contributed by atoms with Crippen molar-refractivity contribution in [3.63, 3.8) is 0 Å². The van der Waals surface area contributed by atoms with Crippen LogP contribution in [0.5, 0.6) is 0 Å². The van der Waals surface area contributed by atoms with Gasteiger partial charge in [-0.15, -0.1) is 0 Å². The first-order valence-electron chi connectivity index (χ1n) is 6.06. The summed E-state index contributed by atoms with van der Waals surface area (Å²) in [6.07, 6.45) is 0. The van der Waals surface area contributed by atoms with Crippen molar-refractivity contribution in [3.8, 4) is 0 Å². The summed E-state index contributed by atoms with van der Waals surface area (Å²) in [5, 5.41) is 0. The highest BCUT2D eigenvalue weighted by Crippen LogP contribution is 2.22. The van der Waals surface area contributed by atoms with Gasteiger partial charge in [-0.1, -0.05) is 13.8 Å². The fourth-order valence-electron chi connectivity index (χ4n) is 1.71. The smallest absolute Gasteiger partial charge is 0.178 e. The number of nitrogens with zero attached hydrogens (tertiary/aromatic N) is 2. The molecule has 0 aromatic carbocycles. The van der Waals surface area contributed by atoms with Crippen molar-refractivity contribution in [2.45, 2.75) is 13.8 Å². The molecule has 0 saturated heterocycles. The molecule has 5 nitrogen and oxygen atoms in total. The highest BCUT2D eigenvalue weighted by atomic mass is 19.1. The number of aromatic nitrogens is 1. The van der Waals surface area contributed by atoms with E-state index in [-0.39, 0.29) is 11.6 Å². The van der Waals surface area contributed by atoms with Crippen LogP contribution in [0.1, 0.15) is 13.8 Å². The van der Waals surface area contributed by atoms with Crippen LogP contribution in [0.4, 0.5) is 20.4 Å². The highest BCUT2D eigenvalue weighted by Gasteiger charge is 2.18. The molecule has 0 aliphatic rings. The molecule has 1 heterocycles. The summed E-state index contributed by atoms with van der Waals surface area (Å²) in [6, 6.07) is 0.775. The van der Waals surface area contributed by atoms with Gasteiger partial charge in [0.2, 0.25) is 0 Å². The SMILES string of the molecule is COCCN(CC(C)C)c1nc(NN)c(F)cc1F. The highest BCUT2D eigenvalue weighted by molar-refractivity contribution is 5.48. The Morgan fingerprint density at radius 3 is 2.63 bits per heavy atom. The van der Waals surface area contributed by atoms with Gasteiger partial charge in [-0.25, -0.2) is 19.6 Å². The monoisotopic (exact) mass is 274 g/mol. The molecule has 0 aliphatic heterocycles. The summed E-state index contributed by atoms with van der Waals surface area (Å²) in [6.45, 7) is 5.49. The van der Waals surface area contributed by atoms with Crippen LogP contribution < -0.4 is 16.2 Å². The number of halogens is 2. The zero-order chi connectivity index (χ0) is 14.4. The number of rotatable bonds is 7. The van der Waals surface area contributed by atoms with Gasteiger partial charge in [0.15, 0.2) is 23.3 Å². The molecule has 1 aromatic heterocycles. The van der Waals surface area contributed by atoms with Crippen LogP contribution in [-0.4, -0.2) is 31.8 Å². The maximum atomic E-state index is 13.8. The van der Waals surface area contributed by atoms with Crippen LogP contribution >= 0.6 is 0 Å². The Bertz CT molecular complexity index is 415. The molecule has 7 heteroatoms. The van der Waals surface area contributed by atoms with Gasteiger partial charge in [-0.2, -0.15) is 0 Å². The first-order chi connectivity index (χ1) is 8.99. The van der Waals surface area contributed by atoms with Crippen LogP contribution in [0.15, 0.2) is 6.07 Å². The number of methoxy groups -OCH3 is 1. The average molecular weight is 274 g/mol. The van der Waals surface area contributed by atoms with Crippen LogP contribution in [0.3, 0.4) is 0 Å². The van der Waals surface area contributed by atoms with Gasteiger partial charge in [0.05, 0.1) is 6.61 Å². The molecule has 3 N–H and O–H groups in total. The third-order valence-electron chi connectivity index (χ3n) is 2.50. The minimum atomic E-state index is -0.819. The van der Waals surface area contributed by atoms with E-state index in [9.17, 15) is 8.78 Å². The maximum Gasteiger partial charge on any atom is 0.178 e. The number of nitrogen functional groups attached to an aromatic ring is 1. The molecule has 0 fully saturated rings. The zero-order valence-electron chi connectivity index (χ0n) is 11.4. The number of anilines is 2. The van der Waals surface area contributed by atoms with Gasteiger partial charge in [0.1, 0.15) is 0 Å². The van der Waals surface area contributed by atoms with Crippen LogP contribution in [0, 0.1) is 17.6 Å². The van der Waals surface area contributed by atoms with E-state index in [0.29, 0.717) is 25.6 Å². The molecule has 0 saturated carbocycles.